The molecule has 0 aromatic carbocycles. The van der Waals surface area contributed by atoms with E-state index in [0.29, 0.717) is 17.5 Å². The Balaban J connectivity index is 1.77. The van der Waals surface area contributed by atoms with Gasteiger partial charge in [0.1, 0.15) is 0 Å². The number of aliphatic hydroxyl groups is 1. The lowest BCUT2D eigenvalue weighted by Gasteiger charge is -2.30. The van der Waals surface area contributed by atoms with Crippen LogP contribution in [-0.4, -0.2) is 23.3 Å². The van der Waals surface area contributed by atoms with Crippen molar-refractivity contribution in [1.29, 1.82) is 0 Å². The fourth-order valence-corrected chi connectivity index (χ4v) is 3.23. The molecule has 2 aliphatic carbocycles. The third-order valence-corrected chi connectivity index (χ3v) is 4.09. The Labute approximate surface area is 93.5 Å². The van der Waals surface area contributed by atoms with Gasteiger partial charge in [0, 0.05) is 12.1 Å². The molecule has 3 atom stereocenters. The van der Waals surface area contributed by atoms with E-state index in [0.717, 1.165) is 12.8 Å². The number of nitrogens with one attached hydrogen (secondary N) is 1. The summed E-state index contributed by atoms with van der Waals surface area (Å²) < 4.78 is 0. The molecule has 15 heavy (non-hydrogen) atoms. The quantitative estimate of drug-likeness (QED) is 0.735. The van der Waals surface area contributed by atoms with Crippen molar-refractivity contribution < 1.29 is 5.11 Å². The molecule has 2 rings (SSSR count). The van der Waals surface area contributed by atoms with Gasteiger partial charge in [-0.15, -0.1) is 0 Å². The molecular weight excluding hydrogens is 186 g/mol. The van der Waals surface area contributed by atoms with Crippen LogP contribution in [0.3, 0.4) is 0 Å². The minimum Gasteiger partial charge on any atom is -0.393 e. The third kappa shape index (κ3) is 3.18. The summed E-state index contributed by atoms with van der Waals surface area (Å²) in [6, 6.07) is 1.28. The Hall–Kier alpha value is -0.0800. The second-order valence-corrected chi connectivity index (χ2v) is 6.29. The molecule has 2 N–H and O–H groups in total. The standard InChI is InChI=1S/C13H25NO/c1-13(2)7-6-11(9-13)14-10-4-3-5-12(15)8-10/h10-12,14-15H,3-9H2,1-2H3. The Morgan fingerprint density at radius 1 is 1.13 bits per heavy atom. The largest absolute Gasteiger partial charge is 0.393 e. The van der Waals surface area contributed by atoms with E-state index in [4.69, 9.17) is 0 Å². The lowest BCUT2D eigenvalue weighted by atomic mass is 9.90. The fourth-order valence-electron chi connectivity index (χ4n) is 3.23. The highest BCUT2D eigenvalue weighted by Gasteiger charge is 2.32. The summed E-state index contributed by atoms with van der Waals surface area (Å²) in [7, 11) is 0. The van der Waals surface area contributed by atoms with E-state index >= 15 is 0 Å². The van der Waals surface area contributed by atoms with Crippen molar-refractivity contribution in [3.05, 3.63) is 0 Å². The molecule has 2 saturated carbocycles. The Kier molecular flexibility index (Phi) is 3.36. The van der Waals surface area contributed by atoms with Gasteiger partial charge in [-0.05, 0) is 50.4 Å². The normalized spacial score (nSPS) is 40.6. The van der Waals surface area contributed by atoms with E-state index in [1.165, 1.54) is 32.1 Å². The topological polar surface area (TPSA) is 32.3 Å². The molecule has 88 valence electrons. The van der Waals surface area contributed by atoms with Crippen LogP contribution >= 0.6 is 0 Å². The first-order chi connectivity index (χ1) is 7.05. The first kappa shape index (κ1) is 11.4. The molecule has 2 heteroatoms. The van der Waals surface area contributed by atoms with E-state index in [9.17, 15) is 5.11 Å². The van der Waals surface area contributed by atoms with Gasteiger partial charge in [0.25, 0.3) is 0 Å². The van der Waals surface area contributed by atoms with Gasteiger partial charge in [-0.3, -0.25) is 0 Å². The van der Waals surface area contributed by atoms with Crippen LogP contribution in [-0.2, 0) is 0 Å². The SMILES string of the molecule is CC1(C)CCC(NC2CCCC(O)C2)C1. The van der Waals surface area contributed by atoms with Gasteiger partial charge >= 0.3 is 0 Å². The van der Waals surface area contributed by atoms with Crippen molar-refractivity contribution in [2.24, 2.45) is 5.41 Å². The van der Waals surface area contributed by atoms with Crippen molar-refractivity contribution >= 4 is 0 Å². The number of hydrogen-bond acceptors (Lipinski definition) is 2. The van der Waals surface area contributed by atoms with Crippen molar-refractivity contribution in [2.75, 3.05) is 0 Å². The van der Waals surface area contributed by atoms with E-state index < -0.39 is 0 Å². The van der Waals surface area contributed by atoms with Crippen LogP contribution in [0.15, 0.2) is 0 Å². The zero-order valence-electron chi connectivity index (χ0n) is 10.1. The summed E-state index contributed by atoms with van der Waals surface area (Å²) in [5, 5.41) is 13.4. The van der Waals surface area contributed by atoms with Crippen LogP contribution in [0.1, 0.15) is 58.8 Å². The molecule has 3 unspecified atom stereocenters. The maximum Gasteiger partial charge on any atom is 0.0555 e. The Bertz CT molecular complexity index is 215. The second-order valence-electron chi connectivity index (χ2n) is 6.29. The van der Waals surface area contributed by atoms with Gasteiger partial charge in [-0.2, -0.15) is 0 Å². The van der Waals surface area contributed by atoms with Crippen LogP contribution in [0.4, 0.5) is 0 Å². The molecule has 0 aromatic rings. The number of rotatable bonds is 2. The minimum absolute atomic E-state index is 0.0503. The highest BCUT2D eigenvalue weighted by Crippen LogP contribution is 2.37. The molecule has 0 radical (unpaired) electrons. The summed E-state index contributed by atoms with van der Waals surface area (Å²) in [4.78, 5) is 0. The molecule has 0 amide bonds. The summed E-state index contributed by atoms with van der Waals surface area (Å²) in [5.41, 5.74) is 0.533. The number of aliphatic hydroxyl groups excluding tert-OH is 1. The number of hydrogen-bond donors (Lipinski definition) is 2. The average Bonchev–Trinajstić information content (AvgIpc) is 2.45. The molecule has 0 aromatic heterocycles. The zero-order valence-corrected chi connectivity index (χ0v) is 10.1. The van der Waals surface area contributed by atoms with Crippen LogP contribution in [0, 0.1) is 5.41 Å². The maximum atomic E-state index is 9.62. The van der Waals surface area contributed by atoms with Crippen molar-refractivity contribution in [2.45, 2.75) is 77.0 Å². The second kappa shape index (κ2) is 4.42. The highest BCUT2D eigenvalue weighted by molar-refractivity contribution is 4.89. The van der Waals surface area contributed by atoms with Crippen LogP contribution < -0.4 is 5.32 Å². The molecule has 0 heterocycles. The van der Waals surface area contributed by atoms with Crippen molar-refractivity contribution in [3.63, 3.8) is 0 Å². The van der Waals surface area contributed by atoms with Crippen molar-refractivity contribution in [3.8, 4) is 0 Å². The van der Waals surface area contributed by atoms with Crippen LogP contribution in [0.5, 0.6) is 0 Å². The smallest absolute Gasteiger partial charge is 0.0555 e. The molecule has 0 spiro atoms. The lowest BCUT2D eigenvalue weighted by Crippen LogP contribution is -2.41. The molecule has 2 aliphatic rings. The van der Waals surface area contributed by atoms with Gasteiger partial charge in [0.2, 0.25) is 0 Å². The fraction of sp³-hybridized carbons (Fsp3) is 1.00. The summed E-state index contributed by atoms with van der Waals surface area (Å²) >= 11 is 0. The minimum atomic E-state index is -0.0503. The van der Waals surface area contributed by atoms with E-state index in [1.807, 2.05) is 0 Å². The van der Waals surface area contributed by atoms with Gasteiger partial charge in [0.05, 0.1) is 6.10 Å². The zero-order chi connectivity index (χ0) is 10.9. The van der Waals surface area contributed by atoms with E-state index in [-0.39, 0.29) is 6.10 Å². The monoisotopic (exact) mass is 211 g/mol. The van der Waals surface area contributed by atoms with Gasteiger partial charge in [-0.25, -0.2) is 0 Å². The van der Waals surface area contributed by atoms with Gasteiger partial charge < -0.3 is 10.4 Å². The molecule has 2 nitrogen and oxygen atoms in total. The van der Waals surface area contributed by atoms with Gasteiger partial charge in [-0.1, -0.05) is 13.8 Å². The van der Waals surface area contributed by atoms with Gasteiger partial charge in [0.15, 0.2) is 0 Å². The predicted molar refractivity (Wildman–Crippen MR) is 62.8 cm³/mol. The third-order valence-electron chi connectivity index (χ3n) is 4.09. The first-order valence-corrected chi connectivity index (χ1v) is 6.49. The Morgan fingerprint density at radius 3 is 2.53 bits per heavy atom. The van der Waals surface area contributed by atoms with Crippen molar-refractivity contribution in [1.82, 2.24) is 5.32 Å². The van der Waals surface area contributed by atoms with Crippen LogP contribution in [0.2, 0.25) is 0 Å². The maximum absolute atomic E-state index is 9.62. The summed E-state index contributed by atoms with van der Waals surface area (Å²) in [5.74, 6) is 0. The molecule has 2 fully saturated rings. The molecule has 0 aliphatic heterocycles. The Morgan fingerprint density at radius 2 is 1.93 bits per heavy atom. The molecular formula is C13H25NO. The van der Waals surface area contributed by atoms with Crippen LogP contribution in [0.25, 0.3) is 0 Å². The molecule has 0 bridgehead atoms. The van der Waals surface area contributed by atoms with E-state index in [1.54, 1.807) is 0 Å². The molecule has 0 saturated heterocycles. The van der Waals surface area contributed by atoms with E-state index in [2.05, 4.69) is 19.2 Å². The summed E-state index contributed by atoms with van der Waals surface area (Å²) in [6.07, 6.45) is 8.35. The highest BCUT2D eigenvalue weighted by atomic mass is 16.3. The predicted octanol–water partition coefficient (Wildman–Crippen LogP) is 2.46. The summed E-state index contributed by atoms with van der Waals surface area (Å²) in [6.45, 7) is 4.73. The first-order valence-electron chi connectivity index (χ1n) is 6.49. The lowest BCUT2D eigenvalue weighted by molar-refractivity contribution is 0.108. The average molecular weight is 211 g/mol.